The molecule has 0 N–H and O–H groups in total. The third-order valence-corrected chi connectivity index (χ3v) is 2.62. The van der Waals surface area contributed by atoms with Crippen LogP contribution in [0.4, 0.5) is 8.78 Å². The van der Waals surface area contributed by atoms with E-state index in [1.165, 1.54) is 6.07 Å². The summed E-state index contributed by atoms with van der Waals surface area (Å²) < 4.78 is 24.5. The average molecular weight is 256 g/mol. The Morgan fingerprint density at radius 3 is 2.58 bits per heavy atom. The van der Waals surface area contributed by atoms with Crippen LogP contribution in [-0.4, -0.2) is 4.98 Å². The van der Waals surface area contributed by atoms with Crippen LogP contribution in [-0.2, 0) is 0 Å². The Hall–Kier alpha value is -0.220. The van der Waals surface area contributed by atoms with E-state index in [1.54, 1.807) is 6.92 Å². The molecule has 1 nitrogen and oxygen atoms in total. The van der Waals surface area contributed by atoms with Crippen molar-refractivity contribution in [2.24, 2.45) is 0 Å². The number of alkyl halides is 2. The predicted molar refractivity (Wildman–Crippen MR) is 46.6 cm³/mol. The predicted octanol–water partition coefficient (Wildman–Crippen LogP) is 3.74. The van der Waals surface area contributed by atoms with Gasteiger partial charge in [0.15, 0.2) is 0 Å². The molecule has 0 aliphatic heterocycles. The number of aromatic nitrogens is 1. The Morgan fingerprint density at radius 2 is 2.17 bits per heavy atom. The quantitative estimate of drug-likeness (QED) is 0.698. The summed E-state index contributed by atoms with van der Waals surface area (Å²) in [7, 11) is 0. The van der Waals surface area contributed by atoms with Gasteiger partial charge in [0.1, 0.15) is 10.3 Å². The van der Waals surface area contributed by atoms with Crippen LogP contribution in [0.1, 0.15) is 17.7 Å². The summed E-state index contributed by atoms with van der Waals surface area (Å²) in [5.74, 6) is 0. The van der Waals surface area contributed by atoms with Crippen LogP contribution in [0, 0.1) is 6.92 Å². The molecule has 1 heterocycles. The fraction of sp³-hybridized carbons (Fsp3) is 0.286. The van der Waals surface area contributed by atoms with Gasteiger partial charge in [0.25, 0.3) is 6.43 Å². The smallest absolute Gasteiger partial charge is 0.238 e. The number of rotatable bonds is 1. The van der Waals surface area contributed by atoms with Crippen molar-refractivity contribution in [2.45, 2.75) is 13.3 Å². The molecule has 0 spiro atoms. The molecule has 0 aromatic carbocycles. The molecule has 1 rings (SSSR count). The number of halogens is 4. The number of aryl methyl sites for hydroxylation is 1. The van der Waals surface area contributed by atoms with Gasteiger partial charge in [0, 0.05) is 0 Å². The Morgan fingerprint density at radius 1 is 1.58 bits per heavy atom. The van der Waals surface area contributed by atoms with Gasteiger partial charge in [-0.2, -0.15) is 0 Å². The minimum Gasteiger partial charge on any atom is -0.238 e. The molecule has 0 aliphatic rings. The molecule has 0 radical (unpaired) electrons. The minimum absolute atomic E-state index is 0.260. The molecule has 0 aliphatic carbocycles. The highest BCUT2D eigenvalue weighted by molar-refractivity contribution is 9.10. The summed E-state index contributed by atoms with van der Waals surface area (Å²) in [4.78, 5) is 3.57. The Balaban J connectivity index is 3.21. The maximum atomic E-state index is 12.1. The second-order valence-corrected chi connectivity index (χ2v) is 3.40. The van der Waals surface area contributed by atoms with Crippen molar-refractivity contribution in [3.05, 3.63) is 26.9 Å². The Kier molecular flexibility index (Phi) is 3.01. The molecule has 0 bridgehead atoms. The van der Waals surface area contributed by atoms with Gasteiger partial charge in [-0.3, -0.25) is 0 Å². The molecule has 66 valence electrons. The van der Waals surface area contributed by atoms with Gasteiger partial charge < -0.3 is 0 Å². The first-order chi connectivity index (χ1) is 5.52. The lowest BCUT2D eigenvalue weighted by molar-refractivity contribution is 0.146. The highest BCUT2D eigenvalue weighted by Crippen LogP contribution is 2.28. The molecule has 0 saturated carbocycles. The molecule has 0 fully saturated rings. The van der Waals surface area contributed by atoms with Gasteiger partial charge in [0.05, 0.1) is 5.02 Å². The lowest BCUT2D eigenvalue weighted by atomic mass is 10.2. The van der Waals surface area contributed by atoms with Crippen molar-refractivity contribution < 1.29 is 8.78 Å². The Bertz CT molecular complexity index is 280. The SMILES string of the molecule is Cc1cc(C(F)F)nc(Br)c1Cl. The molecular formula is C7H5BrClF2N. The van der Waals surface area contributed by atoms with E-state index in [2.05, 4.69) is 20.9 Å². The maximum absolute atomic E-state index is 12.1. The molecule has 0 saturated heterocycles. The summed E-state index contributed by atoms with van der Waals surface area (Å²) in [6.07, 6.45) is -2.56. The fourth-order valence-electron chi connectivity index (χ4n) is 0.754. The van der Waals surface area contributed by atoms with Gasteiger partial charge in [-0.05, 0) is 34.5 Å². The van der Waals surface area contributed by atoms with Gasteiger partial charge in [-0.15, -0.1) is 0 Å². The molecule has 12 heavy (non-hydrogen) atoms. The Labute approximate surface area is 81.9 Å². The highest BCUT2D eigenvalue weighted by atomic mass is 79.9. The van der Waals surface area contributed by atoms with Crippen LogP contribution in [0.25, 0.3) is 0 Å². The summed E-state index contributed by atoms with van der Waals surface area (Å²) in [5, 5.41) is 0.374. The average Bonchev–Trinajstić information content (AvgIpc) is 1.99. The summed E-state index contributed by atoms with van der Waals surface area (Å²) in [5.41, 5.74) is 0.331. The lowest BCUT2D eigenvalue weighted by Crippen LogP contribution is -1.93. The number of pyridine rings is 1. The third-order valence-electron chi connectivity index (χ3n) is 1.34. The van der Waals surface area contributed by atoms with Crippen molar-refractivity contribution in [1.82, 2.24) is 4.98 Å². The van der Waals surface area contributed by atoms with Crippen LogP contribution in [0.3, 0.4) is 0 Å². The highest BCUT2D eigenvalue weighted by Gasteiger charge is 2.12. The zero-order valence-electron chi connectivity index (χ0n) is 6.11. The van der Waals surface area contributed by atoms with Crippen molar-refractivity contribution in [2.75, 3.05) is 0 Å². The first-order valence-electron chi connectivity index (χ1n) is 3.13. The standard InChI is InChI=1S/C7H5BrClF2N/c1-3-2-4(7(10)11)12-6(8)5(3)9/h2,7H,1H3. The van der Waals surface area contributed by atoms with Crippen LogP contribution < -0.4 is 0 Å². The van der Waals surface area contributed by atoms with Gasteiger partial charge in [-0.25, -0.2) is 13.8 Å². The van der Waals surface area contributed by atoms with Crippen molar-refractivity contribution in [3.8, 4) is 0 Å². The van der Waals surface area contributed by atoms with Crippen LogP contribution in [0.2, 0.25) is 5.02 Å². The van der Waals surface area contributed by atoms with Crippen molar-refractivity contribution in [3.63, 3.8) is 0 Å². The van der Waals surface area contributed by atoms with E-state index < -0.39 is 6.43 Å². The maximum Gasteiger partial charge on any atom is 0.280 e. The van der Waals surface area contributed by atoms with E-state index >= 15 is 0 Å². The van der Waals surface area contributed by atoms with Gasteiger partial charge >= 0.3 is 0 Å². The van der Waals surface area contributed by atoms with E-state index in [-0.39, 0.29) is 10.3 Å². The molecule has 0 unspecified atom stereocenters. The second-order valence-electron chi connectivity index (χ2n) is 2.27. The minimum atomic E-state index is -2.56. The van der Waals surface area contributed by atoms with E-state index in [4.69, 9.17) is 11.6 Å². The summed E-state index contributed by atoms with van der Waals surface area (Å²) >= 11 is 8.69. The first kappa shape index (κ1) is 9.86. The topological polar surface area (TPSA) is 12.9 Å². The number of hydrogen-bond acceptors (Lipinski definition) is 1. The fourth-order valence-corrected chi connectivity index (χ4v) is 1.37. The number of hydrogen-bond donors (Lipinski definition) is 0. The third kappa shape index (κ3) is 1.93. The molecule has 1 aromatic heterocycles. The summed E-state index contributed by atoms with van der Waals surface area (Å²) in [6.45, 7) is 1.65. The zero-order chi connectivity index (χ0) is 9.30. The van der Waals surface area contributed by atoms with E-state index in [9.17, 15) is 8.78 Å². The van der Waals surface area contributed by atoms with Crippen molar-refractivity contribution in [1.29, 1.82) is 0 Å². The molecule has 5 heteroatoms. The van der Waals surface area contributed by atoms with Gasteiger partial charge in [0.2, 0.25) is 0 Å². The molecule has 0 atom stereocenters. The largest absolute Gasteiger partial charge is 0.280 e. The lowest BCUT2D eigenvalue weighted by Gasteiger charge is -2.03. The first-order valence-corrected chi connectivity index (χ1v) is 4.30. The molecular weight excluding hydrogens is 251 g/mol. The van der Waals surface area contributed by atoms with E-state index in [0.29, 0.717) is 10.6 Å². The summed E-state index contributed by atoms with van der Waals surface area (Å²) in [6, 6.07) is 1.28. The van der Waals surface area contributed by atoms with E-state index in [0.717, 1.165) is 0 Å². The monoisotopic (exact) mass is 255 g/mol. The zero-order valence-corrected chi connectivity index (χ0v) is 8.46. The normalized spacial score (nSPS) is 10.8. The van der Waals surface area contributed by atoms with Crippen LogP contribution in [0.5, 0.6) is 0 Å². The molecule has 0 amide bonds. The van der Waals surface area contributed by atoms with Crippen molar-refractivity contribution >= 4 is 27.5 Å². The molecule has 1 aromatic rings. The van der Waals surface area contributed by atoms with Crippen LogP contribution in [0.15, 0.2) is 10.7 Å². The second kappa shape index (κ2) is 3.66. The van der Waals surface area contributed by atoms with Crippen LogP contribution >= 0.6 is 27.5 Å². The van der Waals surface area contributed by atoms with E-state index in [1.807, 2.05) is 0 Å². The van der Waals surface area contributed by atoms with Gasteiger partial charge in [-0.1, -0.05) is 11.6 Å². The number of nitrogens with zero attached hydrogens (tertiary/aromatic N) is 1.